The highest BCUT2D eigenvalue weighted by Gasteiger charge is 2.09. The molecule has 1 aliphatic rings. The van der Waals surface area contributed by atoms with Gasteiger partial charge >= 0.3 is 0 Å². The molecule has 0 heterocycles. The van der Waals surface area contributed by atoms with Gasteiger partial charge in [-0.25, -0.2) is 8.42 Å². The number of nitrogens with two attached hydrogens (primary N) is 1. The van der Waals surface area contributed by atoms with Gasteiger partial charge < -0.3 is 5.73 Å². The van der Waals surface area contributed by atoms with Crippen molar-refractivity contribution in [2.24, 2.45) is 5.73 Å². The predicted octanol–water partition coefficient (Wildman–Crippen LogP) is 0.594. The van der Waals surface area contributed by atoms with E-state index >= 15 is 0 Å². The fourth-order valence-electron chi connectivity index (χ4n) is 1.24. The lowest BCUT2D eigenvalue weighted by Crippen LogP contribution is -2.09. The second-order valence-corrected chi connectivity index (χ2v) is 5.26. The Labute approximate surface area is 72.9 Å². The average molecular weight is 187 g/mol. The number of hydrogen-bond donors (Lipinski definition) is 1. The minimum absolute atomic E-state index is 0.140. The summed E-state index contributed by atoms with van der Waals surface area (Å²) >= 11 is 0. The topological polar surface area (TPSA) is 60.2 Å². The van der Waals surface area contributed by atoms with Gasteiger partial charge in [-0.2, -0.15) is 0 Å². The molecule has 0 amide bonds. The van der Waals surface area contributed by atoms with E-state index in [0.717, 1.165) is 18.4 Å². The SMILES string of the molecule is CS(=O)(=O)CC1=CC(N)=CCC1. The highest BCUT2D eigenvalue weighted by Crippen LogP contribution is 2.15. The molecule has 0 saturated heterocycles. The minimum atomic E-state index is -2.90. The Morgan fingerprint density at radius 1 is 1.58 bits per heavy atom. The van der Waals surface area contributed by atoms with Crippen LogP contribution in [0.1, 0.15) is 12.8 Å². The van der Waals surface area contributed by atoms with Crippen LogP contribution in [0.15, 0.2) is 23.4 Å². The van der Waals surface area contributed by atoms with Crippen molar-refractivity contribution >= 4 is 9.84 Å². The lowest BCUT2D eigenvalue weighted by molar-refractivity contribution is 0.603. The smallest absolute Gasteiger partial charge is 0.151 e. The van der Waals surface area contributed by atoms with Crippen molar-refractivity contribution < 1.29 is 8.42 Å². The molecule has 0 aromatic rings. The average Bonchev–Trinajstić information content (AvgIpc) is 1.82. The normalized spacial score (nSPS) is 18.4. The molecule has 0 bridgehead atoms. The van der Waals surface area contributed by atoms with Gasteiger partial charge in [0, 0.05) is 12.0 Å². The van der Waals surface area contributed by atoms with Crippen LogP contribution in [0.3, 0.4) is 0 Å². The molecule has 0 atom stereocenters. The molecule has 1 rings (SSSR count). The van der Waals surface area contributed by atoms with Crippen LogP contribution >= 0.6 is 0 Å². The van der Waals surface area contributed by atoms with Gasteiger partial charge in [0.05, 0.1) is 5.75 Å². The Kier molecular flexibility index (Phi) is 2.57. The number of sulfone groups is 1. The molecule has 0 aromatic carbocycles. The molecule has 12 heavy (non-hydrogen) atoms. The van der Waals surface area contributed by atoms with Crippen LogP contribution in [0.4, 0.5) is 0 Å². The minimum Gasteiger partial charge on any atom is -0.399 e. The zero-order chi connectivity index (χ0) is 9.19. The van der Waals surface area contributed by atoms with Crippen molar-refractivity contribution in [3.8, 4) is 0 Å². The summed E-state index contributed by atoms with van der Waals surface area (Å²) < 4.78 is 21.8. The highest BCUT2D eigenvalue weighted by atomic mass is 32.2. The molecule has 0 saturated carbocycles. The Balaban J connectivity index is 2.72. The maximum atomic E-state index is 10.9. The molecule has 2 N–H and O–H groups in total. The Bertz CT molecular complexity index is 325. The van der Waals surface area contributed by atoms with Crippen molar-refractivity contribution in [3.05, 3.63) is 23.4 Å². The van der Waals surface area contributed by atoms with E-state index in [9.17, 15) is 8.42 Å². The van der Waals surface area contributed by atoms with Gasteiger partial charge in [0.15, 0.2) is 9.84 Å². The third-order valence-electron chi connectivity index (χ3n) is 1.66. The van der Waals surface area contributed by atoms with E-state index in [1.54, 1.807) is 6.08 Å². The van der Waals surface area contributed by atoms with Crippen LogP contribution in [0.2, 0.25) is 0 Å². The fourth-order valence-corrected chi connectivity index (χ4v) is 2.14. The number of allylic oxidation sites excluding steroid dienone is 2. The fraction of sp³-hybridized carbons (Fsp3) is 0.500. The summed E-state index contributed by atoms with van der Waals surface area (Å²) in [6.07, 6.45) is 6.57. The summed E-state index contributed by atoms with van der Waals surface area (Å²) in [6, 6.07) is 0. The van der Waals surface area contributed by atoms with E-state index in [-0.39, 0.29) is 5.75 Å². The second-order valence-electron chi connectivity index (χ2n) is 3.12. The van der Waals surface area contributed by atoms with Crippen LogP contribution in [-0.4, -0.2) is 20.4 Å². The van der Waals surface area contributed by atoms with Crippen LogP contribution in [0.25, 0.3) is 0 Å². The van der Waals surface area contributed by atoms with Crippen LogP contribution in [-0.2, 0) is 9.84 Å². The number of rotatable bonds is 2. The maximum absolute atomic E-state index is 10.9. The Morgan fingerprint density at radius 2 is 2.25 bits per heavy atom. The summed E-state index contributed by atoms with van der Waals surface area (Å²) in [7, 11) is -2.90. The first-order chi connectivity index (χ1) is 5.47. The van der Waals surface area contributed by atoms with E-state index < -0.39 is 9.84 Å². The van der Waals surface area contributed by atoms with Crippen molar-refractivity contribution in [2.75, 3.05) is 12.0 Å². The number of hydrogen-bond acceptors (Lipinski definition) is 3. The molecule has 0 unspecified atom stereocenters. The van der Waals surface area contributed by atoms with Gasteiger partial charge in [-0.3, -0.25) is 0 Å². The van der Waals surface area contributed by atoms with Gasteiger partial charge in [-0.05, 0) is 18.9 Å². The molecule has 0 fully saturated rings. The summed E-state index contributed by atoms with van der Waals surface area (Å²) in [5, 5.41) is 0. The lowest BCUT2D eigenvalue weighted by Gasteiger charge is -2.09. The van der Waals surface area contributed by atoms with Gasteiger partial charge in [-0.1, -0.05) is 11.6 Å². The standard InChI is InChI=1S/C8H13NO2S/c1-12(10,11)6-7-3-2-4-8(9)5-7/h4-5H,2-3,6,9H2,1H3. The zero-order valence-corrected chi connectivity index (χ0v) is 7.89. The molecule has 0 spiro atoms. The third-order valence-corrected chi connectivity index (χ3v) is 2.56. The van der Waals surface area contributed by atoms with E-state index in [1.807, 2.05) is 6.08 Å². The summed E-state index contributed by atoms with van der Waals surface area (Å²) in [5.74, 6) is 0.140. The molecule has 0 aromatic heterocycles. The van der Waals surface area contributed by atoms with Crippen molar-refractivity contribution in [1.29, 1.82) is 0 Å². The maximum Gasteiger partial charge on any atom is 0.151 e. The zero-order valence-electron chi connectivity index (χ0n) is 7.08. The molecule has 4 heteroatoms. The largest absolute Gasteiger partial charge is 0.399 e. The molecule has 1 aliphatic carbocycles. The molecular weight excluding hydrogens is 174 g/mol. The van der Waals surface area contributed by atoms with E-state index in [2.05, 4.69) is 0 Å². The summed E-state index contributed by atoms with van der Waals surface area (Å²) in [4.78, 5) is 0. The first-order valence-corrected chi connectivity index (χ1v) is 5.86. The van der Waals surface area contributed by atoms with Crippen LogP contribution in [0.5, 0.6) is 0 Å². The molecule has 3 nitrogen and oxygen atoms in total. The summed E-state index contributed by atoms with van der Waals surface area (Å²) in [5.41, 5.74) is 7.13. The third kappa shape index (κ3) is 3.09. The lowest BCUT2D eigenvalue weighted by atomic mass is 10.1. The molecule has 68 valence electrons. The first-order valence-electron chi connectivity index (χ1n) is 3.80. The Morgan fingerprint density at radius 3 is 2.75 bits per heavy atom. The monoisotopic (exact) mass is 187 g/mol. The highest BCUT2D eigenvalue weighted by molar-refractivity contribution is 7.90. The van der Waals surface area contributed by atoms with Crippen molar-refractivity contribution in [1.82, 2.24) is 0 Å². The van der Waals surface area contributed by atoms with Gasteiger partial charge in [0.25, 0.3) is 0 Å². The molecule has 0 aliphatic heterocycles. The van der Waals surface area contributed by atoms with Crippen molar-refractivity contribution in [3.63, 3.8) is 0 Å². The van der Waals surface area contributed by atoms with E-state index in [0.29, 0.717) is 5.70 Å². The second kappa shape index (κ2) is 3.31. The molecular formula is C8H13NO2S. The van der Waals surface area contributed by atoms with Gasteiger partial charge in [0.1, 0.15) is 0 Å². The van der Waals surface area contributed by atoms with E-state index in [1.165, 1.54) is 6.26 Å². The van der Waals surface area contributed by atoms with E-state index in [4.69, 9.17) is 5.73 Å². The quantitative estimate of drug-likeness (QED) is 0.688. The van der Waals surface area contributed by atoms with Crippen molar-refractivity contribution in [2.45, 2.75) is 12.8 Å². The van der Waals surface area contributed by atoms with Gasteiger partial charge in [-0.15, -0.1) is 0 Å². The Hall–Kier alpha value is -0.770. The first kappa shape index (κ1) is 9.32. The van der Waals surface area contributed by atoms with Gasteiger partial charge in [0.2, 0.25) is 0 Å². The van der Waals surface area contributed by atoms with Crippen LogP contribution < -0.4 is 5.73 Å². The van der Waals surface area contributed by atoms with Crippen LogP contribution in [0, 0.1) is 0 Å². The molecule has 0 radical (unpaired) electrons. The summed E-state index contributed by atoms with van der Waals surface area (Å²) in [6.45, 7) is 0. The predicted molar refractivity (Wildman–Crippen MR) is 49.3 cm³/mol.